The second-order valence-corrected chi connectivity index (χ2v) is 5.36. The molecule has 9 heteroatoms. The molecule has 1 aromatic heterocycles. The van der Waals surface area contributed by atoms with Crippen LogP contribution in [0.4, 0.5) is 22.0 Å². The van der Waals surface area contributed by atoms with Crippen LogP contribution in [0, 0.1) is 6.57 Å². The zero-order valence-electron chi connectivity index (χ0n) is 11.7. The Balaban J connectivity index is 2.45. The SMILES string of the molecule is [C-]#[N+][C@@H](C)CCn1nc(C(F)(F)F)c2c1CCC(F)(F)[C@H]2O. The van der Waals surface area contributed by atoms with E-state index in [1.807, 2.05) is 0 Å². The fourth-order valence-corrected chi connectivity index (χ4v) is 2.46. The molecule has 4 nitrogen and oxygen atoms in total. The number of rotatable bonds is 3. The van der Waals surface area contributed by atoms with E-state index < -0.39 is 41.9 Å². The molecule has 0 radical (unpaired) electrons. The Morgan fingerprint density at radius 3 is 2.68 bits per heavy atom. The maximum Gasteiger partial charge on any atom is 0.435 e. The van der Waals surface area contributed by atoms with Crippen molar-refractivity contribution in [2.24, 2.45) is 0 Å². The maximum atomic E-state index is 13.5. The van der Waals surface area contributed by atoms with Crippen molar-refractivity contribution in [1.29, 1.82) is 0 Å². The minimum atomic E-state index is -4.92. The predicted octanol–water partition coefficient (Wildman–Crippen LogP) is 3.21. The van der Waals surface area contributed by atoms with Crippen LogP contribution in [0.5, 0.6) is 0 Å². The van der Waals surface area contributed by atoms with E-state index in [9.17, 15) is 27.1 Å². The van der Waals surface area contributed by atoms with Crippen molar-refractivity contribution in [3.05, 3.63) is 28.4 Å². The number of fused-ring (bicyclic) bond motifs is 1. The summed E-state index contributed by atoms with van der Waals surface area (Å²) >= 11 is 0. The van der Waals surface area contributed by atoms with Crippen molar-refractivity contribution in [2.75, 3.05) is 0 Å². The first-order valence-corrected chi connectivity index (χ1v) is 6.67. The average Bonchev–Trinajstić information content (AvgIpc) is 2.79. The molecule has 0 amide bonds. The Kier molecular flexibility index (Phi) is 4.17. The first-order chi connectivity index (χ1) is 10.1. The topological polar surface area (TPSA) is 42.4 Å². The zero-order valence-corrected chi connectivity index (χ0v) is 11.7. The lowest BCUT2D eigenvalue weighted by molar-refractivity contribution is -0.150. The van der Waals surface area contributed by atoms with Crippen molar-refractivity contribution < 1.29 is 27.1 Å². The number of alkyl halides is 5. The van der Waals surface area contributed by atoms with Gasteiger partial charge in [0.1, 0.15) is 6.10 Å². The molecular formula is C13H14F5N3O. The number of halogens is 5. The summed E-state index contributed by atoms with van der Waals surface area (Å²) in [6.07, 6.45) is -8.21. The summed E-state index contributed by atoms with van der Waals surface area (Å²) in [6, 6.07) is -0.413. The van der Waals surface area contributed by atoms with Gasteiger partial charge in [0.15, 0.2) is 5.69 Å². The number of hydrogen-bond donors (Lipinski definition) is 1. The van der Waals surface area contributed by atoms with Crippen molar-refractivity contribution >= 4 is 0 Å². The molecule has 0 spiro atoms. The summed E-state index contributed by atoms with van der Waals surface area (Å²) in [5.41, 5.74) is -2.33. The van der Waals surface area contributed by atoms with Gasteiger partial charge in [-0.1, -0.05) is 0 Å². The normalized spacial score (nSPS) is 22.0. The smallest absolute Gasteiger partial charge is 0.382 e. The van der Waals surface area contributed by atoms with Crippen LogP contribution in [0.1, 0.15) is 42.8 Å². The van der Waals surface area contributed by atoms with E-state index >= 15 is 0 Å². The number of aliphatic hydroxyl groups excluding tert-OH is 1. The lowest BCUT2D eigenvalue weighted by Gasteiger charge is -2.28. The van der Waals surface area contributed by atoms with Crippen molar-refractivity contribution in [3.63, 3.8) is 0 Å². The molecule has 0 saturated carbocycles. The zero-order chi connectivity index (χ0) is 16.7. The van der Waals surface area contributed by atoms with Gasteiger partial charge in [-0.2, -0.15) is 18.3 Å². The van der Waals surface area contributed by atoms with E-state index in [2.05, 4.69) is 9.94 Å². The van der Waals surface area contributed by atoms with Crippen LogP contribution >= 0.6 is 0 Å². The van der Waals surface area contributed by atoms with E-state index in [0.717, 1.165) is 4.68 Å². The quantitative estimate of drug-likeness (QED) is 0.685. The van der Waals surface area contributed by atoms with Crippen LogP contribution in [0.25, 0.3) is 4.85 Å². The van der Waals surface area contributed by atoms with Gasteiger partial charge in [0.2, 0.25) is 6.04 Å². The van der Waals surface area contributed by atoms with Crippen LogP contribution in [-0.2, 0) is 19.1 Å². The lowest BCUT2D eigenvalue weighted by Crippen LogP contribution is -2.33. The minimum absolute atomic E-state index is 0.0141. The number of nitrogens with zero attached hydrogens (tertiary/aromatic N) is 3. The summed E-state index contributed by atoms with van der Waals surface area (Å²) in [4.78, 5) is 3.23. The molecule has 0 saturated heterocycles. The highest BCUT2D eigenvalue weighted by molar-refractivity contribution is 5.35. The van der Waals surface area contributed by atoms with E-state index in [1.54, 1.807) is 6.92 Å². The molecule has 0 aliphatic heterocycles. The van der Waals surface area contributed by atoms with Crippen LogP contribution in [-0.4, -0.2) is 26.9 Å². The summed E-state index contributed by atoms with van der Waals surface area (Å²) in [5, 5.41) is 13.0. The second kappa shape index (κ2) is 5.50. The van der Waals surface area contributed by atoms with E-state index in [1.165, 1.54) is 0 Å². The van der Waals surface area contributed by atoms with Gasteiger partial charge in [-0.25, -0.2) is 15.4 Å². The molecule has 1 N–H and O–H groups in total. The van der Waals surface area contributed by atoms with Gasteiger partial charge in [-0.3, -0.25) is 4.68 Å². The van der Waals surface area contributed by atoms with Gasteiger partial charge < -0.3 is 9.95 Å². The fourth-order valence-electron chi connectivity index (χ4n) is 2.46. The Morgan fingerprint density at radius 2 is 2.14 bits per heavy atom. The van der Waals surface area contributed by atoms with Gasteiger partial charge in [0, 0.05) is 37.6 Å². The van der Waals surface area contributed by atoms with Gasteiger partial charge >= 0.3 is 6.18 Å². The first kappa shape index (κ1) is 16.7. The highest BCUT2D eigenvalue weighted by atomic mass is 19.4. The maximum absolute atomic E-state index is 13.5. The van der Waals surface area contributed by atoms with Gasteiger partial charge in [-0.05, 0) is 6.42 Å². The molecule has 0 unspecified atom stereocenters. The molecule has 0 bridgehead atoms. The number of aryl methyl sites for hydroxylation is 1. The minimum Gasteiger partial charge on any atom is -0.382 e. The third-order valence-electron chi connectivity index (χ3n) is 3.71. The van der Waals surface area contributed by atoms with E-state index in [4.69, 9.17) is 6.57 Å². The molecule has 1 aromatic rings. The molecular weight excluding hydrogens is 309 g/mol. The highest BCUT2D eigenvalue weighted by Gasteiger charge is 2.51. The molecule has 1 heterocycles. The summed E-state index contributed by atoms with van der Waals surface area (Å²) in [5.74, 6) is -3.61. The monoisotopic (exact) mass is 323 g/mol. The van der Waals surface area contributed by atoms with E-state index in [-0.39, 0.29) is 25.1 Å². The number of aliphatic hydroxyl groups is 1. The molecule has 0 aromatic carbocycles. The Hall–Kier alpha value is -1.69. The summed E-state index contributed by atoms with van der Waals surface area (Å²) in [7, 11) is 0. The molecule has 122 valence electrons. The lowest BCUT2D eigenvalue weighted by atomic mass is 9.89. The molecule has 1 aliphatic carbocycles. The van der Waals surface area contributed by atoms with Crippen LogP contribution in [0.3, 0.4) is 0 Å². The standard InChI is InChI=1S/C13H14F5N3O/c1-7(19-2)4-6-21-8-3-5-12(14,15)11(22)9(8)10(20-21)13(16,17)18/h7,11,22H,3-6H2,1H3/t7-,11-/m0/s1. The third kappa shape index (κ3) is 2.92. The van der Waals surface area contributed by atoms with Crippen molar-refractivity contribution in [1.82, 2.24) is 9.78 Å². The molecule has 22 heavy (non-hydrogen) atoms. The van der Waals surface area contributed by atoms with Crippen LogP contribution in [0.2, 0.25) is 0 Å². The molecule has 0 fully saturated rings. The Morgan fingerprint density at radius 1 is 1.50 bits per heavy atom. The largest absolute Gasteiger partial charge is 0.435 e. The molecule has 2 atom stereocenters. The first-order valence-electron chi connectivity index (χ1n) is 6.67. The molecule has 2 rings (SSSR count). The summed E-state index contributed by atoms with van der Waals surface area (Å²) < 4.78 is 67.1. The second-order valence-electron chi connectivity index (χ2n) is 5.36. The van der Waals surface area contributed by atoms with Crippen molar-refractivity contribution in [3.8, 4) is 0 Å². The summed E-state index contributed by atoms with van der Waals surface area (Å²) in [6.45, 7) is 8.45. The third-order valence-corrected chi connectivity index (χ3v) is 3.71. The van der Waals surface area contributed by atoms with Crippen LogP contribution < -0.4 is 0 Å². The molecule has 1 aliphatic rings. The van der Waals surface area contributed by atoms with Gasteiger partial charge in [0.25, 0.3) is 5.92 Å². The number of hydrogen-bond acceptors (Lipinski definition) is 2. The Labute approximate surface area is 123 Å². The van der Waals surface area contributed by atoms with Gasteiger partial charge in [0.05, 0.1) is 0 Å². The fraction of sp³-hybridized carbons (Fsp3) is 0.692. The van der Waals surface area contributed by atoms with Crippen LogP contribution in [0.15, 0.2) is 0 Å². The average molecular weight is 323 g/mol. The predicted molar refractivity (Wildman–Crippen MR) is 66.1 cm³/mol. The van der Waals surface area contributed by atoms with E-state index in [0.29, 0.717) is 0 Å². The van der Waals surface area contributed by atoms with Crippen molar-refractivity contribution in [2.45, 2.75) is 57.0 Å². The Bertz CT molecular complexity index is 602. The van der Waals surface area contributed by atoms with Gasteiger partial charge in [-0.15, -0.1) is 0 Å². The number of aromatic nitrogens is 2. The highest BCUT2D eigenvalue weighted by Crippen LogP contribution is 2.46.